The van der Waals surface area contributed by atoms with Gasteiger partial charge in [0.05, 0.1) is 6.10 Å². The van der Waals surface area contributed by atoms with Crippen LogP contribution in [0.5, 0.6) is 5.88 Å². The van der Waals surface area contributed by atoms with E-state index in [9.17, 15) is 0 Å². The number of hydrogen-bond acceptors (Lipinski definition) is 4. The van der Waals surface area contributed by atoms with Crippen molar-refractivity contribution >= 4 is 0 Å². The number of hydrogen-bond donors (Lipinski definition) is 1. The summed E-state index contributed by atoms with van der Waals surface area (Å²) >= 11 is 0. The van der Waals surface area contributed by atoms with Crippen molar-refractivity contribution in [2.75, 3.05) is 0 Å². The molecule has 0 unspecified atom stereocenters. The molecule has 0 amide bonds. The number of nitriles is 1. The van der Waals surface area contributed by atoms with E-state index in [2.05, 4.69) is 16.4 Å². The van der Waals surface area contributed by atoms with E-state index in [1.165, 1.54) is 0 Å². The Labute approximate surface area is 125 Å². The van der Waals surface area contributed by atoms with Crippen LogP contribution >= 0.6 is 0 Å². The Morgan fingerprint density at radius 3 is 2.90 bits per heavy atom. The van der Waals surface area contributed by atoms with Crippen LogP contribution < -0.4 is 10.1 Å². The summed E-state index contributed by atoms with van der Waals surface area (Å²) in [5.41, 5.74) is 2.78. The minimum Gasteiger partial charge on any atom is -0.475 e. The Morgan fingerprint density at radius 1 is 1.43 bits per heavy atom. The minimum absolute atomic E-state index is 0.103. The average molecular weight is 284 g/mol. The molecule has 5 nitrogen and oxygen atoms in total. The van der Waals surface area contributed by atoms with E-state index >= 15 is 0 Å². The molecule has 0 aromatic carbocycles. The molecule has 0 aliphatic rings. The summed E-state index contributed by atoms with van der Waals surface area (Å²) in [6, 6.07) is 7.96. The zero-order valence-electron chi connectivity index (χ0n) is 12.6. The van der Waals surface area contributed by atoms with Crippen molar-refractivity contribution in [3.63, 3.8) is 0 Å². The zero-order valence-corrected chi connectivity index (χ0v) is 12.6. The lowest BCUT2D eigenvalue weighted by atomic mass is 10.2. The predicted molar refractivity (Wildman–Crippen MR) is 80.7 cm³/mol. The number of nitrogens with one attached hydrogen (secondary N) is 1. The minimum atomic E-state index is 0.103. The van der Waals surface area contributed by atoms with E-state index in [0.717, 1.165) is 11.1 Å². The Kier molecular flexibility index (Phi) is 4.96. The molecule has 0 aliphatic carbocycles. The number of rotatable bonds is 6. The quantitative estimate of drug-likeness (QED) is 0.884. The highest BCUT2D eigenvalue weighted by Gasteiger charge is 2.07. The number of ether oxygens (including phenoxy) is 1. The molecule has 0 radical (unpaired) electrons. The van der Waals surface area contributed by atoms with E-state index in [-0.39, 0.29) is 6.10 Å². The lowest BCUT2D eigenvalue weighted by Crippen LogP contribution is -2.15. The van der Waals surface area contributed by atoms with Crippen molar-refractivity contribution in [1.29, 1.82) is 5.26 Å². The third kappa shape index (κ3) is 4.07. The summed E-state index contributed by atoms with van der Waals surface area (Å²) < 4.78 is 7.52. The molecular weight excluding hydrogens is 264 g/mol. The molecule has 2 heterocycles. The van der Waals surface area contributed by atoms with Crippen molar-refractivity contribution in [3.8, 4) is 11.9 Å². The maximum Gasteiger partial charge on any atom is 0.218 e. The van der Waals surface area contributed by atoms with Gasteiger partial charge in [0.25, 0.3) is 0 Å². The van der Waals surface area contributed by atoms with Crippen LogP contribution in [0.3, 0.4) is 0 Å². The molecule has 2 aromatic heterocycles. The molecule has 0 spiro atoms. The van der Waals surface area contributed by atoms with Crippen LogP contribution in [0, 0.1) is 11.3 Å². The van der Waals surface area contributed by atoms with Gasteiger partial charge in [-0.25, -0.2) is 4.98 Å². The van der Waals surface area contributed by atoms with Gasteiger partial charge in [-0.2, -0.15) is 5.26 Å². The van der Waals surface area contributed by atoms with Crippen LogP contribution in [-0.4, -0.2) is 15.7 Å². The van der Waals surface area contributed by atoms with Crippen LogP contribution in [0.4, 0.5) is 0 Å². The first-order chi connectivity index (χ1) is 10.1. The van der Waals surface area contributed by atoms with Gasteiger partial charge in [-0.3, -0.25) is 0 Å². The maximum atomic E-state index is 8.94. The number of aryl methyl sites for hydroxylation is 1. The van der Waals surface area contributed by atoms with Crippen LogP contribution in [0.25, 0.3) is 0 Å². The number of nitrogens with zero attached hydrogens (tertiary/aromatic N) is 3. The van der Waals surface area contributed by atoms with Gasteiger partial charge in [0.1, 0.15) is 11.8 Å². The van der Waals surface area contributed by atoms with Gasteiger partial charge < -0.3 is 14.6 Å². The molecule has 1 N–H and O–H groups in total. The van der Waals surface area contributed by atoms with Crippen molar-refractivity contribution < 1.29 is 4.74 Å². The molecule has 0 saturated carbocycles. The van der Waals surface area contributed by atoms with Gasteiger partial charge in [-0.05, 0) is 31.5 Å². The van der Waals surface area contributed by atoms with Gasteiger partial charge in [0.2, 0.25) is 5.88 Å². The highest BCUT2D eigenvalue weighted by Crippen LogP contribution is 2.16. The van der Waals surface area contributed by atoms with Gasteiger partial charge in [0.15, 0.2) is 0 Å². The van der Waals surface area contributed by atoms with Crippen molar-refractivity contribution in [3.05, 3.63) is 47.4 Å². The van der Waals surface area contributed by atoms with E-state index in [1.807, 2.05) is 49.9 Å². The fourth-order valence-electron chi connectivity index (χ4n) is 2.07. The SMILES string of the molecule is CC(C)Oc1ncccc1CNCc1cc(C#N)n(C)c1. The monoisotopic (exact) mass is 284 g/mol. The largest absolute Gasteiger partial charge is 0.475 e. The van der Waals surface area contributed by atoms with E-state index in [1.54, 1.807) is 6.20 Å². The topological polar surface area (TPSA) is 62.9 Å². The molecule has 2 rings (SSSR count). The standard InChI is InChI=1S/C16H20N4O/c1-12(2)21-16-14(5-4-6-19-16)10-18-9-13-7-15(8-17)20(3)11-13/h4-7,11-12,18H,9-10H2,1-3H3. The summed E-state index contributed by atoms with van der Waals surface area (Å²) in [4.78, 5) is 4.27. The van der Waals surface area contributed by atoms with Gasteiger partial charge in [-0.15, -0.1) is 0 Å². The van der Waals surface area contributed by atoms with E-state index in [0.29, 0.717) is 24.7 Å². The molecule has 110 valence electrons. The molecule has 0 atom stereocenters. The second-order valence-corrected chi connectivity index (χ2v) is 5.19. The summed E-state index contributed by atoms with van der Waals surface area (Å²) in [5, 5.41) is 12.3. The fourth-order valence-corrected chi connectivity index (χ4v) is 2.07. The molecule has 0 fully saturated rings. The second kappa shape index (κ2) is 6.91. The maximum absolute atomic E-state index is 8.94. The predicted octanol–water partition coefficient (Wildman–Crippen LogP) is 2.37. The van der Waals surface area contributed by atoms with E-state index < -0.39 is 0 Å². The van der Waals surface area contributed by atoms with Crippen LogP contribution in [-0.2, 0) is 20.1 Å². The number of pyridine rings is 1. The lowest BCUT2D eigenvalue weighted by Gasteiger charge is -2.13. The second-order valence-electron chi connectivity index (χ2n) is 5.19. The normalized spacial score (nSPS) is 10.6. The Balaban J connectivity index is 1.95. The molecule has 2 aromatic rings. The summed E-state index contributed by atoms with van der Waals surface area (Å²) in [7, 11) is 1.87. The summed E-state index contributed by atoms with van der Waals surface area (Å²) in [6.07, 6.45) is 3.80. The van der Waals surface area contributed by atoms with Gasteiger partial charge in [-0.1, -0.05) is 6.07 Å². The smallest absolute Gasteiger partial charge is 0.218 e. The molecule has 0 bridgehead atoms. The van der Waals surface area contributed by atoms with Crippen molar-refractivity contribution in [2.24, 2.45) is 7.05 Å². The number of aromatic nitrogens is 2. The highest BCUT2D eigenvalue weighted by molar-refractivity contribution is 5.29. The molecule has 5 heteroatoms. The first kappa shape index (κ1) is 15.1. The highest BCUT2D eigenvalue weighted by atomic mass is 16.5. The zero-order chi connectivity index (χ0) is 15.2. The first-order valence-electron chi connectivity index (χ1n) is 6.96. The van der Waals surface area contributed by atoms with Crippen LogP contribution in [0.15, 0.2) is 30.6 Å². The van der Waals surface area contributed by atoms with E-state index in [4.69, 9.17) is 10.00 Å². The van der Waals surface area contributed by atoms with Crippen molar-refractivity contribution in [1.82, 2.24) is 14.9 Å². The Bertz CT molecular complexity index is 640. The van der Waals surface area contributed by atoms with Crippen LogP contribution in [0.1, 0.15) is 30.7 Å². The Morgan fingerprint density at radius 2 is 2.24 bits per heavy atom. The summed E-state index contributed by atoms with van der Waals surface area (Å²) in [6.45, 7) is 5.34. The summed E-state index contributed by atoms with van der Waals surface area (Å²) in [5.74, 6) is 0.672. The fraction of sp³-hybridized carbons (Fsp3) is 0.375. The van der Waals surface area contributed by atoms with Gasteiger partial charge >= 0.3 is 0 Å². The van der Waals surface area contributed by atoms with Crippen molar-refractivity contribution in [2.45, 2.75) is 33.0 Å². The molecule has 21 heavy (non-hydrogen) atoms. The van der Waals surface area contributed by atoms with Crippen LogP contribution in [0.2, 0.25) is 0 Å². The first-order valence-corrected chi connectivity index (χ1v) is 6.96. The Hall–Kier alpha value is -2.32. The molecular formula is C16H20N4O. The lowest BCUT2D eigenvalue weighted by molar-refractivity contribution is 0.229. The third-order valence-electron chi connectivity index (χ3n) is 3.02. The van der Waals surface area contributed by atoms with Gasteiger partial charge in [0, 0.05) is 38.1 Å². The molecule has 0 aliphatic heterocycles. The average Bonchev–Trinajstić information content (AvgIpc) is 2.80. The molecule has 0 saturated heterocycles. The third-order valence-corrected chi connectivity index (χ3v) is 3.02.